The van der Waals surface area contributed by atoms with Gasteiger partial charge in [-0.15, -0.1) is 0 Å². The second-order valence-electron chi connectivity index (χ2n) is 7.06. The number of aryl methyl sites for hydroxylation is 2. The number of hydrogen-bond acceptors (Lipinski definition) is 4. The fourth-order valence-corrected chi connectivity index (χ4v) is 3.65. The van der Waals surface area contributed by atoms with Crippen LogP contribution in [0.15, 0.2) is 75.9 Å². The van der Waals surface area contributed by atoms with Crippen LogP contribution in [0.5, 0.6) is 0 Å². The molecule has 0 saturated heterocycles. The summed E-state index contributed by atoms with van der Waals surface area (Å²) >= 11 is 0. The summed E-state index contributed by atoms with van der Waals surface area (Å²) < 4.78 is 5.65. The Morgan fingerprint density at radius 3 is 2.54 bits per heavy atom. The molecule has 28 heavy (non-hydrogen) atoms. The average molecular weight is 366 g/mol. The number of para-hydroxylation sites is 2. The summed E-state index contributed by atoms with van der Waals surface area (Å²) in [7, 11) is 0. The molecule has 0 bridgehead atoms. The molecule has 2 aromatic heterocycles. The molecule has 0 spiro atoms. The lowest BCUT2D eigenvalue weighted by atomic mass is 10.0. The van der Waals surface area contributed by atoms with Gasteiger partial charge in [0, 0.05) is 16.5 Å². The number of pyridine rings is 1. The van der Waals surface area contributed by atoms with E-state index in [0.717, 1.165) is 38.8 Å². The molecule has 4 nitrogen and oxygen atoms in total. The second kappa shape index (κ2) is 6.20. The summed E-state index contributed by atoms with van der Waals surface area (Å²) in [5, 5.41) is 5.68. The van der Waals surface area contributed by atoms with E-state index in [9.17, 15) is 4.79 Å². The molecular formula is C24H18N2O2. The SMILES string of the molecule is Cc1ccc2oc(=O)c3c(Nc4ccccc4C)c4ccccc4nc3c2c1. The molecule has 0 amide bonds. The maximum absolute atomic E-state index is 13.0. The zero-order chi connectivity index (χ0) is 19.3. The monoisotopic (exact) mass is 366 g/mol. The summed E-state index contributed by atoms with van der Waals surface area (Å²) in [6, 6.07) is 21.6. The molecule has 0 saturated carbocycles. The first-order valence-electron chi connectivity index (χ1n) is 9.20. The Kier molecular flexibility index (Phi) is 3.66. The largest absolute Gasteiger partial charge is 0.422 e. The van der Waals surface area contributed by atoms with Gasteiger partial charge in [-0.05, 0) is 43.7 Å². The van der Waals surface area contributed by atoms with Crippen LogP contribution in [0.2, 0.25) is 0 Å². The Bertz CT molecular complexity index is 1430. The standard InChI is InChI=1S/C24H18N2O2/c1-14-11-12-20-17(13-14)23-21(24(27)28-20)22(16-8-4-6-10-19(16)26-23)25-18-9-5-3-7-15(18)2/h3-13H,1-2H3,(H,25,26). The summed E-state index contributed by atoms with van der Waals surface area (Å²) in [6.45, 7) is 4.05. The van der Waals surface area contributed by atoms with Crippen LogP contribution < -0.4 is 10.9 Å². The van der Waals surface area contributed by atoms with Crippen molar-refractivity contribution in [3.05, 3.63) is 88.3 Å². The number of fused-ring (bicyclic) bond motifs is 4. The molecule has 2 heterocycles. The number of anilines is 2. The lowest BCUT2D eigenvalue weighted by molar-refractivity contribution is 0.569. The molecule has 0 aliphatic heterocycles. The van der Waals surface area contributed by atoms with E-state index in [-0.39, 0.29) is 5.63 Å². The Labute approximate surface area is 161 Å². The third-order valence-corrected chi connectivity index (χ3v) is 5.09. The topological polar surface area (TPSA) is 55.1 Å². The third kappa shape index (κ3) is 2.54. The van der Waals surface area contributed by atoms with Gasteiger partial charge in [-0.1, -0.05) is 48.0 Å². The number of hydrogen-bond donors (Lipinski definition) is 1. The van der Waals surface area contributed by atoms with Gasteiger partial charge in [0.05, 0.1) is 16.7 Å². The maximum Gasteiger partial charge on any atom is 0.347 e. The molecule has 4 heteroatoms. The summed E-state index contributed by atoms with van der Waals surface area (Å²) in [5.41, 5.74) is 5.51. The molecule has 0 atom stereocenters. The summed E-state index contributed by atoms with van der Waals surface area (Å²) in [6.07, 6.45) is 0. The van der Waals surface area contributed by atoms with Gasteiger partial charge in [0.15, 0.2) is 0 Å². The zero-order valence-corrected chi connectivity index (χ0v) is 15.6. The van der Waals surface area contributed by atoms with E-state index in [0.29, 0.717) is 16.5 Å². The van der Waals surface area contributed by atoms with Crippen molar-refractivity contribution in [1.29, 1.82) is 0 Å². The minimum absolute atomic E-state index is 0.388. The zero-order valence-electron chi connectivity index (χ0n) is 15.6. The molecule has 5 rings (SSSR count). The van der Waals surface area contributed by atoms with Crippen molar-refractivity contribution in [3.63, 3.8) is 0 Å². The maximum atomic E-state index is 13.0. The van der Waals surface area contributed by atoms with E-state index in [2.05, 4.69) is 5.32 Å². The van der Waals surface area contributed by atoms with E-state index in [4.69, 9.17) is 9.40 Å². The molecular weight excluding hydrogens is 348 g/mol. The van der Waals surface area contributed by atoms with Gasteiger partial charge in [0.25, 0.3) is 0 Å². The smallest absolute Gasteiger partial charge is 0.347 e. The molecule has 0 radical (unpaired) electrons. The lowest BCUT2D eigenvalue weighted by Crippen LogP contribution is -2.06. The van der Waals surface area contributed by atoms with Crippen LogP contribution in [0.3, 0.4) is 0 Å². The molecule has 3 aromatic carbocycles. The first kappa shape index (κ1) is 16.5. The van der Waals surface area contributed by atoms with Crippen molar-refractivity contribution in [2.75, 3.05) is 5.32 Å². The van der Waals surface area contributed by atoms with Crippen LogP contribution >= 0.6 is 0 Å². The van der Waals surface area contributed by atoms with E-state index < -0.39 is 0 Å². The minimum Gasteiger partial charge on any atom is -0.422 e. The lowest BCUT2D eigenvalue weighted by Gasteiger charge is -2.15. The number of nitrogens with one attached hydrogen (secondary N) is 1. The van der Waals surface area contributed by atoms with Crippen LogP contribution in [0.25, 0.3) is 32.8 Å². The van der Waals surface area contributed by atoms with Gasteiger partial charge in [-0.3, -0.25) is 0 Å². The molecule has 0 fully saturated rings. The predicted octanol–water partition coefficient (Wildman–Crippen LogP) is 5.85. The predicted molar refractivity (Wildman–Crippen MR) is 114 cm³/mol. The highest BCUT2D eigenvalue weighted by atomic mass is 16.4. The van der Waals surface area contributed by atoms with E-state index in [1.54, 1.807) is 0 Å². The van der Waals surface area contributed by atoms with Crippen LogP contribution in [0.4, 0.5) is 11.4 Å². The van der Waals surface area contributed by atoms with Crippen molar-refractivity contribution in [3.8, 4) is 0 Å². The Morgan fingerprint density at radius 1 is 0.893 bits per heavy atom. The number of nitrogens with zero attached hydrogens (tertiary/aromatic N) is 1. The third-order valence-electron chi connectivity index (χ3n) is 5.09. The van der Waals surface area contributed by atoms with Gasteiger partial charge in [-0.25, -0.2) is 9.78 Å². The molecule has 0 aliphatic carbocycles. The first-order valence-corrected chi connectivity index (χ1v) is 9.20. The minimum atomic E-state index is -0.388. The second-order valence-corrected chi connectivity index (χ2v) is 7.06. The van der Waals surface area contributed by atoms with E-state index >= 15 is 0 Å². The molecule has 0 unspecified atom stereocenters. The van der Waals surface area contributed by atoms with Gasteiger partial charge >= 0.3 is 5.63 Å². The highest BCUT2D eigenvalue weighted by molar-refractivity contribution is 6.14. The van der Waals surface area contributed by atoms with Crippen molar-refractivity contribution in [2.45, 2.75) is 13.8 Å². The van der Waals surface area contributed by atoms with Gasteiger partial charge in [0.1, 0.15) is 11.0 Å². The van der Waals surface area contributed by atoms with Crippen molar-refractivity contribution < 1.29 is 4.42 Å². The average Bonchev–Trinajstić information content (AvgIpc) is 2.70. The fraction of sp³-hybridized carbons (Fsp3) is 0.0833. The molecule has 1 N–H and O–H groups in total. The fourth-order valence-electron chi connectivity index (χ4n) is 3.65. The summed E-state index contributed by atoms with van der Waals surface area (Å²) in [4.78, 5) is 17.8. The Morgan fingerprint density at radius 2 is 1.68 bits per heavy atom. The van der Waals surface area contributed by atoms with Crippen LogP contribution in [-0.2, 0) is 0 Å². The van der Waals surface area contributed by atoms with Crippen LogP contribution in [0.1, 0.15) is 11.1 Å². The van der Waals surface area contributed by atoms with Crippen molar-refractivity contribution >= 4 is 44.1 Å². The quantitative estimate of drug-likeness (QED) is 0.242. The number of aromatic nitrogens is 1. The van der Waals surface area contributed by atoms with Gasteiger partial charge < -0.3 is 9.73 Å². The Hall–Kier alpha value is -3.66. The molecule has 0 aliphatic rings. The normalized spacial score (nSPS) is 11.4. The Balaban J connectivity index is 1.96. The van der Waals surface area contributed by atoms with Crippen molar-refractivity contribution in [1.82, 2.24) is 4.98 Å². The van der Waals surface area contributed by atoms with E-state index in [1.165, 1.54) is 0 Å². The van der Waals surface area contributed by atoms with Crippen molar-refractivity contribution in [2.24, 2.45) is 0 Å². The van der Waals surface area contributed by atoms with Crippen LogP contribution in [-0.4, -0.2) is 4.98 Å². The number of rotatable bonds is 2. The van der Waals surface area contributed by atoms with Gasteiger partial charge in [0.2, 0.25) is 0 Å². The highest BCUT2D eigenvalue weighted by Crippen LogP contribution is 2.35. The molecule has 5 aromatic rings. The molecule has 136 valence electrons. The summed E-state index contributed by atoms with van der Waals surface area (Å²) in [5.74, 6) is 0. The number of benzene rings is 3. The van der Waals surface area contributed by atoms with Gasteiger partial charge in [-0.2, -0.15) is 0 Å². The van der Waals surface area contributed by atoms with Crippen LogP contribution in [0, 0.1) is 13.8 Å². The van der Waals surface area contributed by atoms with E-state index in [1.807, 2.05) is 80.6 Å². The first-order chi connectivity index (χ1) is 13.6. The highest BCUT2D eigenvalue weighted by Gasteiger charge is 2.17.